The molecule has 1 atom stereocenters. The first-order valence-corrected chi connectivity index (χ1v) is 11.0. The van der Waals surface area contributed by atoms with Gasteiger partial charge in [-0.15, -0.1) is 0 Å². The van der Waals surface area contributed by atoms with Crippen LogP contribution in [0.5, 0.6) is 0 Å². The van der Waals surface area contributed by atoms with Crippen LogP contribution < -0.4 is 0 Å². The Morgan fingerprint density at radius 1 is 1.00 bits per heavy atom. The van der Waals surface area contributed by atoms with Crippen LogP contribution in [-0.4, -0.2) is 77.1 Å². The number of amides is 1. The average Bonchev–Trinajstić information content (AvgIpc) is 2.75. The second-order valence-corrected chi connectivity index (χ2v) is 8.70. The van der Waals surface area contributed by atoms with E-state index in [1.54, 1.807) is 0 Å². The van der Waals surface area contributed by atoms with E-state index >= 15 is 0 Å². The highest BCUT2D eigenvalue weighted by Crippen LogP contribution is 2.26. The van der Waals surface area contributed by atoms with Crippen molar-refractivity contribution in [2.75, 3.05) is 39.3 Å². The average molecular weight is 389 g/mol. The molecule has 5 nitrogen and oxygen atoms in total. The Kier molecular flexibility index (Phi) is 6.58. The Bertz CT molecular complexity index is 627. The second-order valence-electron chi connectivity index (χ2n) is 8.70. The third-order valence-electron chi connectivity index (χ3n) is 6.77. The summed E-state index contributed by atoms with van der Waals surface area (Å²) in [5.74, 6) is 0.381. The van der Waals surface area contributed by atoms with Gasteiger partial charge in [0.2, 0.25) is 5.91 Å². The summed E-state index contributed by atoms with van der Waals surface area (Å²) in [7, 11) is 0. The molecule has 3 saturated heterocycles. The fraction of sp³-hybridized carbons (Fsp3) is 0.727. The molecule has 0 saturated carbocycles. The molecule has 3 aliphatic heterocycles. The number of halogens is 1. The largest absolute Gasteiger partial charge is 0.342 e. The molecule has 1 aromatic rings. The Balaban J connectivity index is 1.25. The van der Waals surface area contributed by atoms with Crippen molar-refractivity contribution < 1.29 is 9.18 Å². The molecule has 3 aliphatic rings. The van der Waals surface area contributed by atoms with Crippen LogP contribution in [0.4, 0.5) is 4.39 Å². The first-order valence-electron chi connectivity index (χ1n) is 11.0. The van der Waals surface area contributed by atoms with Gasteiger partial charge in [-0.05, 0) is 75.9 Å². The first-order chi connectivity index (χ1) is 13.7. The fourth-order valence-corrected chi connectivity index (χ4v) is 5.06. The van der Waals surface area contributed by atoms with Crippen LogP contribution in [0.1, 0.15) is 44.1 Å². The van der Waals surface area contributed by atoms with E-state index in [0.29, 0.717) is 32.0 Å². The van der Waals surface area contributed by atoms with E-state index in [-0.39, 0.29) is 11.8 Å². The van der Waals surface area contributed by atoms with Crippen molar-refractivity contribution in [3.05, 3.63) is 30.1 Å². The standard InChI is InChI=1S/C22H33FN4O/c23-20-5-14-26(15-6-20)22(28)19-2-1-11-27(17-19)21-7-12-25(13-8-21)16-18-3-9-24-10-4-18/h3-4,9-10,19-21H,1-2,5-8,11-17H2. The maximum Gasteiger partial charge on any atom is 0.226 e. The predicted molar refractivity (Wildman–Crippen MR) is 108 cm³/mol. The van der Waals surface area contributed by atoms with Crippen LogP contribution >= 0.6 is 0 Å². The number of pyridine rings is 1. The van der Waals surface area contributed by atoms with Crippen molar-refractivity contribution in [3.63, 3.8) is 0 Å². The van der Waals surface area contributed by atoms with Crippen molar-refractivity contribution in [2.45, 2.75) is 57.3 Å². The molecule has 4 heterocycles. The normalized spacial score (nSPS) is 26.5. The van der Waals surface area contributed by atoms with Crippen molar-refractivity contribution >= 4 is 5.91 Å². The summed E-state index contributed by atoms with van der Waals surface area (Å²) in [6, 6.07) is 4.79. The van der Waals surface area contributed by atoms with Crippen LogP contribution in [-0.2, 0) is 11.3 Å². The summed E-state index contributed by atoms with van der Waals surface area (Å²) in [6.45, 7) is 6.45. The number of nitrogens with zero attached hydrogens (tertiary/aromatic N) is 4. The smallest absolute Gasteiger partial charge is 0.226 e. The monoisotopic (exact) mass is 388 g/mol. The molecule has 154 valence electrons. The number of hydrogen-bond donors (Lipinski definition) is 0. The van der Waals surface area contributed by atoms with Gasteiger partial charge in [0.15, 0.2) is 0 Å². The summed E-state index contributed by atoms with van der Waals surface area (Å²) >= 11 is 0. The number of alkyl halides is 1. The molecule has 0 spiro atoms. The molecule has 4 rings (SSSR count). The molecule has 1 amide bonds. The van der Waals surface area contributed by atoms with Crippen LogP contribution in [0, 0.1) is 5.92 Å². The van der Waals surface area contributed by atoms with Crippen molar-refractivity contribution in [1.29, 1.82) is 0 Å². The number of hydrogen-bond acceptors (Lipinski definition) is 4. The number of rotatable bonds is 4. The van der Waals surface area contributed by atoms with Crippen molar-refractivity contribution in [2.24, 2.45) is 5.92 Å². The Hall–Kier alpha value is -1.53. The molecule has 1 unspecified atom stereocenters. The van der Waals surface area contributed by atoms with Gasteiger partial charge < -0.3 is 4.90 Å². The molecule has 0 N–H and O–H groups in total. The van der Waals surface area contributed by atoms with E-state index in [9.17, 15) is 9.18 Å². The predicted octanol–water partition coefficient (Wildman–Crippen LogP) is 2.72. The second kappa shape index (κ2) is 9.31. The Morgan fingerprint density at radius 3 is 2.43 bits per heavy atom. The zero-order valence-corrected chi connectivity index (χ0v) is 16.8. The van der Waals surface area contributed by atoms with E-state index < -0.39 is 6.17 Å². The highest BCUT2D eigenvalue weighted by Gasteiger charge is 2.34. The molecule has 3 fully saturated rings. The van der Waals surface area contributed by atoms with Gasteiger partial charge in [0.25, 0.3) is 0 Å². The minimum Gasteiger partial charge on any atom is -0.342 e. The zero-order valence-electron chi connectivity index (χ0n) is 16.8. The minimum atomic E-state index is -0.718. The Labute approximate surface area is 167 Å². The minimum absolute atomic E-state index is 0.111. The van der Waals surface area contributed by atoms with Crippen LogP contribution in [0.3, 0.4) is 0 Å². The molecule has 6 heteroatoms. The molecule has 0 aliphatic carbocycles. The topological polar surface area (TPSA) is 39.7 Å². The van der Waals surface area contributed by atoms with Gasteiger partial charge in [0.05, 0.1) is 5.92 Å². The van der Waals surface area contributed by atoms with Crippen molar-refractivity contribution in [3.8, 4) is 0 Å². The quantitative estimate of drug-likeness (QED) is 0.795. The lowest BCUT2D eigenvalue weighted by atomic mass is 9.92. The number of likely N-dealkylation sites (tertiary alicyclic amines) is 3. The summed E-state index contributed by atoms with van der Waals surface area (Å²) < 4.78 is 13.4. The highest BCUT2D eigenvalue weighted by molar-refractivity contribution is 5.79. The number of piperidine rings is 3. The molecule has 1 aromatic heterocycles. The Morgan fingerprint density at radius 2 is 1.71 bits per heavy atom. The van der Waals surface area contributed by atoms with Crippen LogP contribution in [0.2, 0.25) is 0 Å². The summed E-state index contributed by atoms with van der Waals surface area (Å²) in [6.07, 6.45) is 8.49. The van der Waals surface area contributed by atoms with Gasteiger partial charge in [-0.2, -0.15) is 0 Å². The number of carbonyl (C=O) groups excluding carboxylic acids is 1. The SMILES string of the molecule is O=C(C1CCCN(C2CCN(Cc3ccncc3)CC2)C1)N1CCC(F)CC1. The summed E-state index contributed by atoms with van der Waals surface area (Å²) in [4.78, 5) is 24.0. The van der Waals surface area contributed by atoms with Crippen LogP contribution in [0.25, 0.3) is 0 Å². The molecule has 0 bridgehead atoms. The van der Waals surface area contributed by atoms with Gasteiger partial charge in [-0.1, -0.05) is 0 Å². The fourth-order valence-electron chi connectivity index (χ4n) is 5.06. The van der Waals surface area contributed by atoms with E-state index in [0.717, 1.165) is 45.6 Å². The van der Waals surface area contributed by atoms with Gasteiger partial charge in [0, 0.05) is 44.6 Å². The van der Waals surface area contributed by atoms with E-state index in [1.807, 2.05) is 17.3 Å². The maximum atomic E-state index is 13.4. The van der Waals surface area contributed by atoms with E-state index in [2.05, 4.69) is 26.9 Å². The maximum absolute atomic E-state index is 13.4. The number of carbonyl (C=O) groups is 1. The summed E-state index contributed by atoms with van der Waals surface area (Å²) in [5.41, 5.74) is 1.33. The zero-order chi connectivity index (χ0) is 19.3. The van der Waals surface area contributed by atoms with Crippen LogP contribution in [0.15, 0.2) is 24.5 Å². The lowest BCUT2D eigenvalue weighted by Crippen LogP contribution is -2.52. The van der Waals surface area contributed by atoms with E-state index in [1.165, 1.54) is 18.4 Å². The van der Waals surface area contributed by atoms with Gasteiger partial charge in [-0.3, -0.25) is 19.6 Å². The lowest BCUT2D eigenvalue weighted by Gasteiger charge is -2.43. The van der Waals surface area contributed by atoms with Crippen molar-refractivity contribution in [1.82, 2.24) is 19.7 Å². The lowest BCUT2D eigenvalue weighted by molar-refractivity contribution is -0.139. The third kappa shape index (κ3) is 4.90. The summed E-state index contributed by atoms with van der Waals surface area (Å²) in [5, 5.41) is 0. The first kappa shape index (κ1) is 19.8. The molecule has 28 heavy (non-hydrogen) atoms. The highest BCUT2D eigenvalue weighted by atomic mass is 19.1. The van der Waals surface area contributed by atoms with Gasteiger partial charge in [0.1, 0.15) is 6.17 Å². The van der Waals surface area contributed by atoms with Gasteiger partial charge >= 0.3 is 0 Å². The van der Waals surface area contributed by atoms with E-state index in [4.69, 9.17) is 0 Å². The number of aromatic nitrogens is 1. The molecular weight excluding hydrogens is 355 g/mol. The van der Waals surface area contributed by atoms with Gasteiger partial charge in [-0.25, -0.2) is 4.39 Å². The molecular formula is C22H33FN4O. The third-order valence-corrected chi connectivity index (χ3v) is 6.77. The molecule has 0 aromatic carbocycles. The molecule has 0 radical (unpaired) electrons.